The minimum atomic E-state index is -0.366. The summed E-state index contributed by atoms with van der Waals surface area (Å²) in [4.78, 5) is 2.34. The van der Waals surface area contributed by atoms with E-state index in [9.17, 15) is 5.11 Å². The Morgan fingerprint density at radius 2 is 2.22 bits per heavy atom. The van der Waals surface area contributed by atoms with Crippen molar-refractivity contribution in [3.05, 3.63) is 0 Å². The third-order valence-electron chi connectivity index (χ3n) is 3.35. The molecule has 18 heavy (non-hydrogen) atoms. The monoisotopic (exact) mass is 260 g/mol. The lowest BCUT2D eigenvalue weighted by molar-refractivity contribution is 0.0270. The summed E-state index contributed by atoms with van der Waals surface area (Å²) in [5, 5.41) is 13.2. The molecule has 5 heteroatoms. The van der Waals surface area contributed by atoms with Crippen LogP contribution in [0.3, 0.4) is 0 Å². The Morgan fingerprint density at radius 3 is 2.94 bits per heavy atom. The Labute approximate surface area is 110 Å². The normalized spacial score (nSPS) is 23.2. The van der Waals surface area contributed by atoms with Crippen molar-refractivity contribution in [3.8, 4) is 0 Å². The Kier molecular flexibility index (Phi) is 8.54. The number of piperidine rings is 1. The molecule has 0 aliphatic carbocycles. The Hall–Kier alpha value is -0.200. The van der Waals surface area contributed by atoms with Crippen LogP contribution in [0.1, 0.15) is 12.8 Å². The van der Waals surface area contributed by atoms with Gasteiger partial charge in [-0.05, 0) is 31.8 Å². The van der Waals surface area contributed by atoms with Gasteiger partial charge in [0.2, 0.25) is 0 Å². The second kappa shape index (κ2) is 9.69. The van der Waals surface area contributed by atoms with Crippen LogP contribution in [0.15, 0.2) is 0 Å². The van der Waals surface area contributed by atoms with Crippen LogP contribution in [0.5, 0.6) is 0 Å². The lowest BCUT2D eigenvalue weighted by Crippen LogP contribution is -2.44. The first-order valence-electron chi connectivity index (χ1n) is 6.85. The van der Waals surface area contributed by atoms with Crippen LogP contribution in [0, 0.1) is 5.92 Å². The zero-order valence-electron chi connectivity index (χ0n) is 11.7. The molecular weight excluding hydrogens is 232 g/mol. The predicted octanol–water partition coefficient (Wildman–Crippen LogP) is -0.0583. The van der Waals surface area contributed by atoms with Crippen LogP contribution in [-0.4, -0.2) is 76.3 Å². The van der Waals surface area contributed by atoms with Crippen molar-refractivity contribution in [1.29, 1.82) is 0 Å². The minimum absolute atomic E-state index is 0.366. The molecule has 0 aromatic carbocycles. The van der Waals surface area contributed by atoms with Crippen LogP contribution in [0.2, 0.25) is 0 Å². The fraction of sp³-hybridized carbons (Fsp3) is 1.00. The number of methoxy groups -OCH3 is 2. The summed E-state index contributed by atoms with van der Waals surface area (Å²) in [5.41, 5.74) is 0. The van der Waals surface area contributed by atoms with Gasteiger partial charge in [-0.2, -0.15) is 0 Å². The summed E-state index contributed by atoms with van der Waals surface area (Å²) in [6, 6.07) is 0. The van der Waals surface area contributed by atoms with Gasteiger partial charge in [-0.1, -0.05) is 0 Å². The average molecular weight is 260 g/mol. The molecule has 0 aromatic rings. The quantitative estimate of drug-likeness (QED) is 0.569. The van der Waals surface area contributed by atoms with Crippen molar-refractivity contribution in [3.63, 3.8) is 0 Å². The molecule has 1 saturated heterocycles. The number of hydrogen-bond acceptors (Lipinski definition) is 5. The summed E-state index contributed by atoms with van der Waals surface area (Å²) in [6.45, 7) is 6.04. The van der Waals surface area contributed by atoms with Gasteiger partial charge in [-0.3, -0.25) is 0 Å². The maximum Gasteiger partial charge on any atom is 0.0900 e. The van der Waals surface area contributed by atoms with Gasteiger partial charge in [0, 0.05) is 33.9 Å². The molecule has 1 fully saturated rings. The molecule has 1 aliphatic rings. The first-order valence-corrected chi connectivity index (χ1v) is 6.85. The van der Waals surface area contributed by atoms with Gasteiger partial charge in [-0.15, -0.1) is 0 Å². The third-order valence-corrected chi connectivity index (χ3v) is 3.35. The second-order valence-electron chi connectivity index (χ2n) is 5.07. The largest absolute Gasteiger partial charge is 0.389 e. The first-order chi connectivity index (χ1) is 8.76. The standard InChI is InChI=1S/C13H28N2O3/c1-17-7-5-14-8-12-4-3-6-15(9-12)10-13(16)11-18-2/h12-14,16H,3-11H2,1-2H3. The summed E-state index contributed by atoms with van der Waals surface area (Å²) in [7, 11) is 3.35. The molecule has 0 amide bonds. The molecule has 2 N–H and O–H groups in total. The highest BCUT2D eigenvalue weighted by atomic mass is 16.5. The lowest BCUT2D eigenvalue weighted by atomic mass is 9.97. The maximum atomic E-state index is 9.73. The number of β-amino-alcohol motifs (C(OH)–C–C–N with tert-alkyl or cyclic N) is 1. The van der Waals surface area contributed by atoms with Gasteiger partial charge >= 0.3 is 0 Å². The molecule has 1 rings (SSSR count). The van der Waals surface area contributed by atoms with E-state index in [0.717, 1.165) is 39.3 Å². The number of ether oxygens (including phenoxy) is 2. The fourth-order valence-corrected chi connectivity index (χ4v) is 2.51. The molecule has 1 heterocycles. The molecule has 0 saturated carbocycles. The topological polar surface area (TPSA) is 54.0 Å². The molecule has 2 atom stereocenters. The maximum absolute atomic E-state index is 9.73. The van der Waals surface area contributed by atoms with Crippen molar-refractivity contribution in [1.82, 2.24) is 10.2 Å². The van der Waals surface area contributed by atoms with Crippen LogP contribution >= 0.6 is 0 Å². The highest BCUT2D eigenvalue weighted by molar-refractivity contribution is 4.76. The van der Waals surface area contributed by atoms with Crippen molar-refractivity contribution >= 4 is 0 Å². The molecule has 0 aromatic heterocycles. The lowest BCUT2D eigenvalue weighted by Gasteiger charge is -2.34. The third kappa shape index (κ3) is 6.66. The highest BCUT2D eigenvalue weighted by Crippen LogP contribution is 2.15. The number of nitrogens with zero attached hydrogens (tertiary/aromatic N) is 1. The van der Waals surface area contributed by atoms with E-state index in [0.29, 0.717) is 12.5 Å². The van der Waals surface area contributed by atoms with E-state index in [2.05, 4.69) is 10.2 Å². The number of aliphatic hydroxyl groups is 1. The first kappa shape index (κ1) is 15.9. The molecule has 108 valence electrons. The van der Waals surface area contributed by atoms with Crippen LogP contribution < -0.4 is 5.32 Å². The van der Waals surface area contributed by atoms with Gasteiger partial charge in [-0.25, -0.2) is 0 Å². The Morgan fingerprint density at radius 1 is 1.39 bits per heavy atom. The number of rotatable bonds is 9. The molecular formula is C13H28N2O3. The van der Waals surface area contributed by atoms with E-state index in [1.54, 1.807) is 14.2 Å². The number of nitrogens with one attached hydrogen (secondary N) is 1. The van der Waals surface area contributed by atoms with Gasteiger partial charge < -0.3 is 24.8 Å². The molecule has 0 spiro atoms. The number of likely N-dealkylation sites (tertiary alicyclic amines) is 1. The Balaban J connectivity index is 2.15. The smallest absolute Gasteiger partial charge is 0.0900 e. The zero-order chi connectivity index (χ0) is 13.2. The van der Waals surface area contributed by atoms with Crippen LogP contribution in [0.4, 0.5) is 0 Å². The van der Waals surface area contributed by atoms with E-state index >= 15 is 0 Å². The van der Waals surface area contributed by atoms with Gasteiger partial charge in [0.1, 0.15) is 0 Å². The number of aliphatic hydroxyl groups excluding tert-OH is 1. The van der Waals surface area contributed by atoms with Crippen molar-refractivity contribution < 1.29 is 14.6 Å². The van der Waals surface area contributed by atoms with E-state index in [-0.39, 0.29) is 6.10 Å². The van der Waals surface area contributed by atoms with Gasteiger partial charge in [0.05, 0.1) is 19.3 Å². The predicted molar refractivity (Wildman–Crippen MR) is 71.8 cm³/mol. The van der Waals surface area contributed by atoms with E-state index in [1.165, 1.54) is 12.8 Å². The highest BCUT2D eigenvalue weighted by Gasteiger charge is 2.21. The van der Waals surface area contributed by atoms with Gasteiger partial charge in [0.25, 0.3) is 0 Å². The Bertz CT molecular complexity index is 205. The molecule has 5 nitrogen and oxygen atoms in total. The van der Waals surface area contributed by atoms with E-state index in [1.807, 2.05) is 0 Å². The summed E-state index contributed by atoms with van der Waals surface area (Å²) in [5.74, 6) is 0.686. The average Bonchev–Trinajstić information content (AvgIpc) is 2.35. The van der Waals surface area contributed by atoms with Gasteiger partial charge in [0.15, 0.2) is 0 Å². The van der Waals surface area contributed by atoms with Crippen LogP contribution in [0.25, 0.3) is 0 Å². The summed E-state index contributed by atoms with van der Waals surface area (Å²) < 4.78 is 9.97. The molecule has 1 aliphatic heterocycles. The SMILES string of the molecule is COCCNCC1CCCN(CC(O)COC)C1. The summed E-state index contributed by atoms with van der Waals surface area (Å²) >= 11 is 0. The number of hydrogen-bond donors (Lipinski definition) is 2. The van der Waals surface area contributed by atoms with Crippen LogP contribution in [-0.2, 0) is 9.47 Å². The van der Waals surface area contributed by atoms with E-state index in [4.69, 9.17) is 9.47 Å². The minimum Gasteiger partial charge on any atom is -0.389 e. The molecule has 0 bridgehead atoms. The fourth-order valence-electron chi connectivity index (χ4n) is 2.51. The molecule has 2 unspecified atom stereocenters. The van der Waals surface area contributed by atoms with Crippen molar-refractivity contribution in [2.45, 2.75) is 18.9 Å². The summed E-state index contributed by atoms with van der Waals surface area (Å²) in [6.07, 6.45) is 2.13. The van der Waals surface area contributed by atoms with Crippen molar-refractivity contribution in [2.75, 3.05) is 60.2 Å². The second-order valence-corrected chi connectivity index (χ2v) is 5.07. The zero-order valence-corrected chi connectivity index (χ0v) is 11.7. The van der Waals surface area contributed by atoms with Crippen molar-refractivity contribution in [2.24, 2.45) is 5.92 Å². The molecule has 0 radical (unpaired) electrons. The van der Waals surface area contributed by atoms with E-state index < -0.39 is 0 Å².